The van der Waals surface area contributed by atoms with E-state index < -0.39 is 10.2 Å². The Morgan fingerprint density at radius 2 is 2.05 bits per heavy atom. The molecule has 2 rings (SSSR count). The van der Waals surface area contributed by atoms with Crippen LogP contribution in [-0.2, 0) is 14.9 Å². The second-order valence-electron chi connectivity index (χ2n) is 6.58. The van der Waals surface area contributed by atoms with Crippen LogP contribution < -0.4 is 10.0 Å². The summed E-state index contributed by atoms with van der Waals surface area (Å²) >= 11 is 0. The molecule has 1 aliphatic carbocycles. The fourth-order valence-electron chi connectivity index (χ4n) is 2.95. The van der Waals surface area contributed by atoms with Gasteiger partial charge in [-0.15, -0.1) is 0 Å². The third-order valence-electron chi connectivity index (χ3n) is 4.38. The van der Waals surface area contributed by atoms with Gasteiger partial charge >= 0.3 is 0 Å². The highest BCUT2D eigenvalue weighted by atomic mass is 32.2. The van der Waals surface area contributed by atoms with E-state index in [0.717, 1.165) is 32.2 Å². The van der Waals surface area contributed by atoms with Crippen molar-refractivity contribution in [2.45, 2.75) is 57.7 Å². The summed E-state index contributed by atoms with van der Waals surface area (Å²) < 4.78 is 34.5. The van der Waals surface area contributed by atoms with Gasteiger partial charge in [0.05, 0.1) is 6.10 Å². The second kappa shape index (κ2) is 7.37. The van der Waals surface area contributed by atoms with Gasteiger partial charge in [0.25, 0.3) is 10.2 Å². The first-order valence-electron chi connectivity index (χ1n) is 7.94. The molecule has 1 saturated heterocycles. The van der Waals surface area contributed by atoms with Crippen LogP contribution in [0.3, 0.4) is 0 Å². The molecule has 21 heavy (non-hydrogen) atoms. The number of ether oxygens (including phenoxy) is 1. The topological polar surface area (TPSA) is 70.7 Å². The molecule has 6 nitrogen and oxygen atoms in total. The van der Waals surface area contributed by atoms with E-state index >= 15 is 0 Å². The highest BCUT2D eigenvalue weighted by Gasteiger charge is 2.35. The zero-order valence-corrected chi connectivity index (χ0v) is 14.2. The highest BCUT2D eigenvalue weighted by molar-refractivity contribution is 7.87. The van der Waals surface area contributed by atoms with Crippen LogP contribution in [0.1, 0.15) is 39.5 Å². The molecule has 1 unspecified atom stereocenters. The summed E-state index contributed by atoms with van der Waals surface area (Å²) in [5, 5.41) is 3.41. The van der Waals surface area contributed by atoms with Gasteiger partial charge in [-0.1, -0.05) is 13.8 Å². The van der Waals surface area contributed by atoms with Crippen molar-refractivity contribution in [2.24, 2.45) is 5.92 Å². The summed E-state index contributed by atoms with van der Waals surface area (Å²) in [7, 11) is -1.67. The average molecular weight is 319 g/mol. The van der Waals surface area contributed by atoms with E-state index in [9.17, 15) is 8.42 Å². The van der Waals surface area contributed by atoms with E-state index in [1.165, 1.54) is 0 Å². The molecular weight excluding hydrogens is 290 g/mol. The zero-order chi connectivity index (χ0) is 15.5. The normalized spacial score (nSPS) is 31.3. The van der Waals surface area contributed by atoms with Gasteiger partial charge in [0.15, 0.2) is 0 Å². The molecule has 0 radical (unpaired) electrons. The van der Waals surface area contributed by atoms with Crippen molar-refractivity contribution in [2.75, 3.05) is 26.7 Å². The maximum Gasteiger partial charge on any atom is 0.279 e. The number of hydrogen-bond acceptors (Lipinski definition) is 4. The zero-order valence-electron chi connectivity index (χ0n) is 13.3. The monoisotopic (exact) mass is 319 g/mol. The lowest BCUT2D eigenvalue weighted by Gasteiger charge is -2.38. The predicted octanol–water partition coefficient (Wildman–Crippen LogP) is 0.708. The molecule has 2 fully saturated rings. The summed E-state index contributed by atoms with van der Waals surface area (Å²) in [5.41, 5.74) is 0. The van der Waals surface area contributed by atoms with Gasteiger partial charge < -0.3 is 10.1 Å². The van der Waals surface area contributed by atoms with E-state index in [1.54, 1.807) is 11.4 Å². The predicted molar refractivity (Wildman–Crippen MR) is 83.3 cm³/mol. The minimum absolute atomic E-state index is 0.0362. The third-order valence-corrected chi connectivity index (χ3v) is 6.02. The van der Waals surface area contributed by atoms with Crippen LogP contribution in [0, 0.1) is 5.92 Å². The number of rotatable bonds is 7. The molecule has 0 spiro atoms. The largest absolute Gasteiger partial charge is 0.381 e. The van der Waals surface area contributed by atoms with Gasteiger partial charge in [-0.05, 0) is 38.1 Å². The SMILES string of the molecule is COC1CC(NS(=O)(=O)N2CCCC(CNC(C)C)C2)C1. The molecule has 1 saturated carbocycles. The Kier molecular flexibility index (Phi) is 6.02. The minimum Gasteiger partial charge on any atom is -0.381 e. The molecule has 0 aromatic carbocycles. The Bertz CT molecular complexity index is 421. The highest BCUT2D eigenvalue weighted by Crippen LogP contribution is 2.25. The summed E-state index contributed by atoms with van der Waals surface area (Å²) in [6.07, 6.45) is 3.81. The summed E-state index contributed by atoms with van der Waals surface area (Å²) in [6.45, 7) is 6.37. The molecular formula is C14H29N3O3S. The van der Waals surface area contributed by atoms with E-state index in [-0.39, 0.29) is 12.1 Å². The standard InChI is InChI=1S/C14H29N3O3S/c1-11(2)15-9-12-5-4-6-17(10-12)21(18,19)16-13-7-14(8-13)20-3/h11-16H,4-10H2,1-3H3. The Labute approximate surface area is 128 Å². The van der Waals surface area contributed by atoms with Crippen LogP contribution in [0.2, 0.25) is 0 Å². The van der Waals surface area contributed by atoms with Gasteiger partial charge in [0.1, 0.15) is 0 Å². The quantitative estimate of drug-likeness (QED) is 0.725. The van der Waals surface area contributed by atoms with Gasteiger partial charge in [0.2, 0.25) is 0 Å². The number of nitrogens with zero attached hydrogens (tertiary/aromatic N) is 1. The molecule has 1 atom stereocenters. The van der Waals surface area contributed by atoms with Gasteiger partial charge in [0, 0.05) is 32.3 Å². The lowest BCUT2D eigenvalue weighted by Crippen LogP contribution is -2.54. The lowest BCUT2D eigenvalue weighted by atomic mass is 9.90. The molecule has 1 heterocycles. The number of methoxy groups -OCH3 is 1. The van der Waals surface area contributed by atoms with Crippen LogP contribution in [0.15, 0.2) is 0 Å². The lowest BCUT2D eigenvalue weighted by molar-refractivity contribution is 0.0231. The Hall–Kier alpha value is -0.210. The Balaban J connectivity index is 1.82. The smallest absolute Gasteiger partial charge is 0.279 e. The molecule has 0 aromatic heterocycles. The molecule has 0 amide bonds. The summed E-state index contributed by atoms with van der Waals surface area (Å²) in [5.74, 6) is 0.408. The fourth-order valence-corrected chi connectivity index (χ4v) is 4.49. The molecule has 1 aliphatic heterocycles. The Morgan fingerprint density at radius 1 is 1.33 bits per heavy atom. The number of hydrogen-bond donors (Lipinski definition) is 2. The maximum atomic E-state index is 12.4. The molecule has 2 aliphatic rings. The molecule has 0 aromatic rings. The Morgan fingerprint density at radius 3 is 2.67 bits per heavy atom. The van der Waals surface area contributed by atoms with E-state index in [0.29, 0.717) is 25.0 Å². The van der Waals surface area contributed by atoms with Crippen molar-refractivity contribution < 1.29 is 13.2 Å². The van der Waals surface area contributed by atoms with Crippen molar-refractivity contribution in [1.82, 2.24) is 14.3 Å². The van der Waals surface area contributed by atoms with Gasteiger partial charge in [-0.3, -0.25) is 0 Å². The van der Waals surface area contributed by atoms with Crippen LogP contribution >= 0.6 is 0 Å². The van der Waals surface area contributed by atoms with E-state index in [2.05, 4.69) is 23.9 Å². The van der Waals surface area contributed by atoms with Crippen molar-refractivity contribution in [1.29, 1.82) is 0 Å². The van der Waals surface area contributed by atoms with E-state index in [4.69, 9.17) is 4.74 Å². The average Bonchev–Trinajstić information content (AvgIpc) is 2.40. The fraction of sp³-hybridized carbons (Fsp3) is 1.00. The van der Waals surface area contributed by atoms with Crippen LogP contribution in [-0.4, -0.2) is 57.7 Å². The summed E-state index contributed by atoms with van der Waals surface area (Å²) in [4.78, 5) is 0. The van der Waals surface area contributed by atoms with Crippen LogP contribution in [0.5, 0.6) is 0 Å². The van der Waals surface area contributed by atoms with Crippen molar-refractivity contribution in [3.05, 3.63) is 0 Å². The van der Waals surface area contributed by atoms with Crippen molar-refractivity contribution >= 4 is 10.2 Å². The number of piperidine rings is 1. The number of nitrogens with one attached hydrogen (secondary N) is 2. The molecule has 124 valence electrons. The molecule has 7 heteroatoms. The minimum atomic E-state index is -3.35. The first-order valence-corrected chi connectivity index (χ1v) is 9.38. The third kappa shape index (κ3) is 4.89. The first-order chi connectivity index (χ1) is 9.90. The van der Waals surface area contributed by atoms with E-state index in [1.807, 2.05) is 0 Å². The second-order valence-corrected chi connectivity index (χ2v) is 8.28. The maximum absolute atomic E-state index is 12.4. The van der Waals surface area contributed by atoms with Gasteiger partial charge in [-0.2, -0.15) is 17.4 Å². The summed E-state index contributed by atoms with van der Waals surface area (Å²) in [6, 6.07) is 0.477. The van der Waals surface area contributed by atoms with Crippen LogP contribution in [0.4, 0.5) is 0 Å². The molecule has 2 N–H and O–H groups in total. The first kappa shape index (κ1) is 17.1. The van der Waals surface area contributed by atoms with Crippen molar-refractivity contribution in [3.63, 3.8) is 0 Å². The molecule has 0 bridgehead atoms. The van der Waals surface area contributed by atoms with Gasteiger partial charge in [-0.25, -0.2) is 0 Å². The van der Waals surface area contributed by atoms with Crippen molar-refractivity contribution in [3.8, 4) is 0 Å². The van der Waals surface area contributed by atoms with Crippen LogP contribution in [0.25, 0.3) is 0 Å².